The average Bonchev–Trinajstić information content (AvgIpc) is 3.07. The number of hydrogen-bond donors (Lipinski definition) is 0. The average molecular weight is 582 g/mol. The van der Waals surface area contributed by atoms with Gasteiger partial charge in [-0.2, -0.15) is 0 Å². The second-order valence-electron chi connectivity index (χ2n) is 10.5. The maximum Gasteiger partial charge on any atom is 0.330 e. The smallest absolute Gasteiger partial charge is 0.330 e. The summed E-state index contributed by atoms with van der Waals surface area (Å²) in [6, 6.07) is 28.8. The maximum atomic E-state index is 11.0. The fourth-order valence-electron chi connectivity index (χ4n) is 4.45. The van der Waals surface area contributed by atoms with Gasteiger partial charge in [-0.05, 0) is 103 Å². The van der Waals surface area contributed by atoms with Crippen LogP contribution in [0.15, 0.2) is 104 Å². The number of carbonyl (C=O) groups is 1. The monoisotopic (exact) mass is 581 g/mol. The van der Waals surface area contributed by atoms with Crippen LogP contribution in [0, 0.1) is 23.7 Å². The van der Waals surface area contributed by atoms with Gasteiger partial charge in [0.15, 0.2) is 0 Å². The lowest BCUT2D eigenvalue weighted by Gasteiger charge is -2.06. The van der Waals surface area contributed by atoms with E-state index in [9.17, 15) is 4.79 Å². The first-order valence-electron chi connectivity index (χ1n) is 15.3. The van der Waals surface area contributed by atoms with Crippen molar-refractivity contribution in [3.8, 4) is 40.6 Å². The molecule has 0 atom stereocenters. The molecule has 0 aliphatic carbocycles. The molecule has 0 unspecified atom stereocenters. The fourth-order valence-corrected chi connectivity index (χ4v) is 4.45. The van der Waals surface area contributed by atoms with E-state index in [1.54, 1.807) is 6.20 Å². The summed E-state index contributed by atoms with van der Waals surface area (Å²) < 4.78 is 10.8. The Kier molecular flexibility index (Phi) is 12.9. The second kappa shape index (κ2) is 17.8. The van der Waals surface area contributed by atoms with Gasteiger partial charge in [-0.15, -0.1) is 0 Å². The summed E-state index contributed by atoms with van der Waals surface area (Å²) >= 11 is 0. The molecule has 0 N–H and O–H groups in total. The van der Waals surface area contributed by atoms with Crippen molar-refractivity contribution in [1.82, 2.24) is 4.98 Å². The van der Waals surface area contributed by atoms with E-state index < -0.39 is 0 Å². The van der Waals surface area contributed by atoms with Gasteiger partial charge in [-0.3, -0.25) is 0 Å². The van der Waals surface area contributed by atoms with Crippen LogP contribution in [0.3, 0.4) is 0 Å². The Morgan fingerprint density at radius 2 is 1.32 bits per heavy atom. The molecule has 0 bridgehead atoms. The van der Waals surface area contributed by atoms with Crippen LogP contribution in [0.25, 0.3) is 11.1 Å². The fraction of sp³-hybridized carbons (Fsp3) is 0.250. The highest BCUT2D eigenvalue weighted by molar-refractivity contribution is 5.81. The molecule has 0 amide bonds. The number of rotatable bonds is 13. The van der Waals surface area contributed by atoms with Gasteiger partial charge >= 0.3 is 5.97 Å². The third-order valence-electron chi connectivity index (χ3n) is 7.01. The molecule has 4 heteroatoms. The van der Waals surface area contributed by atoms with Crippen LogP contribution in [0.2, 0.25) is 0 Å². The Morgan fingerprint density at radius 1 is 0.705 bits per heavy atom. The molecule has 4 aromatic rings. The Morgan fingerprint density at radius 3 is 1.98 bits per heavy atom. The third kappa shape index (κ3) is 11.0. The van der Waals surface area contributed by atoms with Crippen molar-refractivity contribution in [3.63, 3.8) is 0 Å². The number of aromatic nitrogens is 1. The number of benzene rings is 3. The van der Waals surface area contributed by atoms with E-state index in [1.807, 2.05) is 36.4 Å². The van der Waals surface area contributed by atoms with E-state index in [-0.39, 0.29) is 5.97 Å². The van der Waals surface area contributed by atoms with E-state index in [2.05, 4.69) is 90.7 Å². The van der Waals surface area contributed by atoms with Crippen LogP contribution in [0.5, 0.6) is 5.75 Å². The Hall–Kier alpha value is -5.06. The number of esters is 1. The molecule has 0 radical (unpaired) electrons. The zero-order valence-electron chi connectivity index (χ0n) is 25.5. The summed E-state index contributed by atoms with van der Waals surface area (Å²) in [5, 5.41) is 0. The zero-order valence-corrected chi connectivity index (χ0v) is 25.5. The maximum absolute atomic E-state index is 11.0. The molecule has 4 rings (SSSR count). The van der Waals surface area contributed by atoms with Crippen LogP contribution in [-0.2, 0) is 16.0 Å². The Balaban J connectivity index is 1.22. The summed E-state index contributed by atoms with van der Waals surface area (Å²) in [7, 11) is 0. The normalized spacial score (nSPS) is 10.1. The molecule has 0 fully saturated rings. The van der Waals surface area contributed by atoms with Crippen molar-refractivity contribution >= 4 is 5.97 Å². The standard InChI is InChI=1S/C40H39NO3/c1-3-5-7-10-32-13-21-36(22-14-32)37-23-15-34(16-24-37)17-25-38-26-18-35(31-41-38)12-11-33-19-27-39(28-20-33)43-29-8-6-9-30-44-40(42)4-2/h4,13-16,18-24,26-28,31H,2-3,5-10,29-30H2,1H3. The van der Waals surface area contributed by atoms with Gasteiger partial charge < -0.3 is 9.47 Å². The molecule has 0 saturated carbocycles. The largest absolute Gasteiger partial charge is 0.494 e. The molecular formula is C40H39NO3. The quantitative estimate of drug-likeness (QED) is 0.0687. The molecule has 0 aliphatic rings. The van der Waals surface area contributed by atoms with E-state index in [1.165, 1.54) is 42.0 Å². The van der Waals surface area contributed by atoms with Gasteiger partial charge in [-0.1, -0.05) is 80.5 Å². The zero-order chi connectivity index (χ0) is 30.8. The molecule has 0 saturated heterocycles. The van der Waals surface area contributed by atoms with Gasteiger partial charge in [0, 0.05) is 29.0 Å². The van der Waals surface area contributed by atoms with Crippen LogP contribution < -0.4 is 4.74 Å². The number of nitrogens with zero attached hydrogens (tertiary/aromatic N) is 1. The first kappa shape index (κ1) is 31.9. The summed E-state index contributed by atoms with van der Waals surface area (Å²) in [6.07, 6.45) is 10.5. The number of aryl methyl sites for hydroxylation is 1. The van der Waals surface area contributed by atoms with Crippen LogP contribution in [0.1, 0.15) is 73.4 Å². The highest BCUT2D eigenvalue weighted by Crippen LogP contribution is 2.21. The molecule has 3 aromatic carbocycles. The number of ether oxygens (including phenoxy) is 2. The van der Waals surface area contributed by atoms with Crippen molar-refractivity contribution < 1.29 is 14.3 Å². The van der Waals surface area contributed by atoms with Crippen molar-refractivity contribution in [2.75, 3.05) is 13.2 Å². The number of unbranched alkanes of at least 4 members (excludes halogenated alkanes) is 4. The van der Waals surface area contributed by atoms with Crippen molar-refractivity contribution in [1.29, 1.82) is 0 Å². The van der Waals surface area contributed by atoms with E-state index in [0.29, 0.717) is 18.9 Å². The lowest BCUT2D eigenvalue weighted by Crippen LogP contribution is -2.03. The van der Waals surface area contributed by atoms with Gasteiger partial charge in [0.05, 0.1) is 13.2 Å². The topological polar surface area (TPSA) is 48.4 Å². The highest BCUT2D eigenvalue weighted by Gasteiger charge is 2.00. The minimum absolute atomic E-state index is 0.380. The predicted octanol–water partition coefficient (Wildman–Crippen LogP) is 8.56. The van der Waals surface area contributed by atoms with E-state index in [4.69, 9.17) is 9.47 Å². The summed E-state index contributed by atoms with van der Waals surface area (Å²) in [5.41, 5.74) is 7.21. The molecule has 222 valence electrons. The molecule has 1 heterocycles. The lowest BCUT2D eigenvalue weighted by molar-refractivity contribution is -0.137. The minimum atomic E-state index is -0.380. The van der Waals surface area contributed by atoms with Crippen LogP contribution in [0.4, 0.5) is 0 Å². The first-order chi connectivity index (χ1) is 21.6. The Bertz CT molecular complexity index is 1600. The lowest BCUT2D eigenvalue weighted by atomic mass is 10.0. The van der Waals surface area contributed by atoms with Crippen molar-refractivity contribution in [2.45, 2.75) is 51.9 Å². The second-order valence-corrected chi connectivity index (χ2v) is 10.5. The van der Waals surface area contributed by atoms with Gasteiger partial charge in [0.1, 0.15) is 11.4 Å². The summed E-state index contributed by atoms with van der Waals surface area (Å²) in [6.45, 7) is 6.64. The number of carbonyl (C=O) groups excluding carboxylic acids is 1. The molecular weight excluding hydrogens is 542 g/mol. The highest BCUT2D eigenvalue weighted by atomic mass is 16.5. The number of hydrogen-bond acceptors (Lipinski definition) is 4. The Labute approximate surface area is 262 Å². The van der Waals surface area contributed by atoms with E-state index >= 15 is 0 Å². The van der Waals surface area contributed by atoms with Crippen molar-refractivity contribution in [2.24, 2.45) is 0 Å². The minimum Gasteiger partial charge on any atom is -0.494 e. The molecule has 1 aromatic heterocycles. The molecule has 0 spiro atoms. The predicted molar refractivity (Wildman–Crippen MR) is 178 cm³/mol. The van der Waals surface area contributed by atoms with Crippen LogP contribution in [-0.4, -0.2) is 24.2 Å². The SMILES string of the molecule is C=CC(=O)OCCCCCOc1ccc(C#Cc2ccc(C#Cc3ccc(-c4ccc(CCCCC)cc4)cc3)nc2)cc1. The van der Waals surface area contributed by atoms with Gasteiger partial charge in [0.2, 0.25) is 0 Å². The molecule has 0 aliphatic heterocycles. The van der Waals surface area contributed by atoms with Gasteiger partial charge in [0.25, 0.3) is 0 Å². The van der Waals surface area contributed by atoms with Crippen LogP contribution >= 0.6 is 0 Å². The number of pyridine rings is 1. The summed E-state index contributed by atoms with van der Waals surface area (Å²) in [4.78, 5) is 15.5. The van der Waals surface area contributed by atoms with Crippen molar-refractivity contribution in [3.05, 3.63) is 132 Å². The third-order valence-corrected chi connectivity index (χ3v) is 7.01. The summed E-state index contributed by atoms with van der Waals surface area (Å²) in [5.74, 6) is 13.1. The first-order valence-corrected chi connectivity index (χ1v) is 15.3. The van der Waals surface area contributed by atoms with Gasteiger partial charge in [-0.25, -0.2) is 9.78 Å². The molecule has 44 heavy (non-hydrogen) atoms. The van der Waals surface area contributed by atoms with E-state index in [0.717, 1.165) is 48.1 Å². The molecule has 4 nitrogen and oxygen atoms in total.